The highest BCUT2D eigenvalue weighted by Crippen LogP contribution is 2.11. The zero-order chi connectivity index (χ0) is 11.4. The lowest BCUT2D eigenvalue weighted by atomic mass is 10.4. The van der Waals surface area contributed by atoms with Crippen molar-refractivity contribution in [1.29, 1.82) is 5.41 Å². The van der Waals surface area contributed by atoms with Crippen molar-refractivity contribution in [3.8, 4) is 6.01 Å². The first kappa shape index (κ1) is 10.6. The number of nitrogens with one attached hydrogen (secondary N) is 1. The summed E-state index contributed by atoms with van der Waals surface area (Å²) in [7, 11) is 0. The van der Waals surface area contributed by atoms with Crippen molar-refractivity contribution < 1.29 is 4.74 Å². The Bertz CT molecular complexity index is 483. The van der Waals surface area contributed by atoms with Crippen LogP contribution < -0.4 is 10.5 Å². The van der Waals surface area contributed by atoms with Crippen molar-refractivity contribution in [2.45, 2.75) is 6.61 Å². The fourth-order valence-electron chi connectivity index (χ4n) is 1.09. The zero-order valence-corrected chi connectivity index (χ0v) is 9.20. The van der Waals surface area contributed by atoms with Gasteiger partial charge in [-0.1, -0.05) is 6.07 Å². The second-order valence-electron chi connectivity index (χ2n) is 3.01. The van der Waals surface area contributed by atoms with E-state index >= 15 is 0 Å². The third kappa shape index (κ3) is 2.54. The van der Waals surface area contributed by atoms with Crippen LogP contribution in [0, 0.1) is 5.41 Å². The molecule has 0 spiro atoms. The van der Waals surface area contributed by atoms with E-state index in [1.165, 1.54) is 6.20 Å². The minimum atomic E-state index is -0.0941. The van der Waals surface area contributed by atoms with E-state index in [0.29, 0.717) is 12.3 Å². The highest BCUT2D eigenvalue weighted by Gasteiger charge is 2.03. The third-order valence-electron chi connectivity index (χ3n) is 1.83. The van der Waals surface area contributed by atoms with Crippen LogP contribution in [0.1, 0.15) is 10.6 Å². The summed E-state index contributed by atoms with van der Waals surface area (Å²) >= 11 is 1.61. The number of nitrogens with two attached hydrogens (primary N) is 1. The summed E-state index contributed by atoms with van der Waals surface area (Å²) in [5.74, 6) is -0.0941. The summed E-state index contributed by atoms with van der Waals surface area (Å²) in [6, 6.07) is 5.73. The summed E-state index contributed by atoms with van der Waals surface area (Å²) in [6.45, 7) is 0.430. The van der Waals surface area contributed by atoms with Crippen molar-refractivity contribution in [3.05, 3.63) is 40.3 Å². The molecule has 0 radical (unpaired) electrons. The zero-order valence-electron chi connectivity index (χ0n) is 8.38. The Morgan fingerprint density at radius 1 is 1.50 bits per heavy atom. The van der Waals surface area contributed by atoms with Gasteiger partial charge in [0, 0.05) is 11.1 Å². The molecule has 6 heteroatoms. The number of nitrogens with zero attached hydrogens (tertiary/aromatic N) is 2. The maximum atomic E-state index is 7.24. The predicted octanol–water partition coefficient (Wildman–Crippen LogP) is 1.40. The lowest BCUT2D eigenvalue weighted by Crippen LogP contribution is -2.14. The fraction of sp³-hybridized carbons (Fsp3) is 0.100. The van der Waals surface area contributed by atoms with E-state index in [0.717, 1.165) is 4.88 Å². The summed E-state index contributed by atoms with van der Waals surface area (Å²) < 4.78 is 5.38. The van der Waals surface area contributed by atoms with Gasteiger partial charge in [0.05, 0.1) is 0 Å². The number of hydrogen-bond donors (Lipinski definition) is 2. The molecule has 0 aliphatic heterocycles. The molecule has 0 aliphatic rings. The number of aromatic nitrogens is 2. The molecule has 0 bridgehead atoms. The quantitative estimate of drug-likeness (QED) is 0.618. The van der Waals surface area contributed by atoms with Crippen LogP contribution in [0.4, 0.5) is 0 Å². The summed E-state index contributed by atoms with van der Waals surface area (Å²) in [6.07, 6.45) is 1.52. The van der Waals surface area contributed by atoms with E-state index in [4.69, 9.17) is 15.9 Å². The van der Waals surface area contributed by atoms with Gasteiger partial charge in [-0.05, 0) is 17.5 Å². The molecule has 0 saturated carbocycles. The predicted molar refractivity (Wildman–Crippen MR) is 61.7 cm³/mol. The molecule has 3 N–H and O–H groups in total. The molecule has 0 amide bonds. The average Bonchev–Trinajstić information content (AvgIpc) is 2.79. The second kappa shape index (κ2) is 4.71. The van der Waals surface area contributed by atoms with E-state index in [-0.39, 0.29) is 11.8 Å². The topological polar surface area (TPSA) is 84.9 Å². The van der Waals surface area contributed by atoms with Crippen LogP contribution in [0.3, 0.4) is 0 Å². The molecule has 2 rings (SSSR count). The molecule has 82 valence electrons. The molecule has 0 aromatic carbocycles. The smallest absolute Gasteiger partial charge is 0.317 e. The standard InChI is InChI=1S/C10H10N4OS/c11-9(12)8-3-4-13-10(14-8)15-6-7-2-1-5-16-7/h1-5H,6H2,(H3,11,12). The Kier molecular flexibility index (Phi) is 3.11. The molecule has 0 fully saturated rings. The maximum absolute atomic E-state index is 7.24. The molecule has 2 aromatic heterocycles. The van der Waals surface area contributed by atoms with E-state index in [1.54, 1.807) is 17.4 Å². The van der Waals surface area contributed by atoms with Crippen molar-refractivity contribution in [3.63, 3.8) is 0 Å². The molecule has 2 aromatic rings. The first-order valence-corrected chi connectivity index (χ1v) is 5.46. The van der Waals surface area contributed by atoms with Crippen molar-refractivity contribution >= 4 is 17.2 Å². The molecule has 0 aliphatic carbocycles. The first-order chi connectivity index (χ1) is 7.75. The van der Waals surface area contributed by atoms with Crippen molar-refractivity contribution in [2.75, 3.05) is 0 Å². The van der Waals surface area contributed by atoms with Gasteiger partial charge in [-0.25, -0.2) is 4.98 Å². The van der Waals surface area contributed by atoms with Crippen LogP contribution in [0.25, 0.3) is 0 Å². The summed E-state index contributed by atoms with van der Waals surface area (Å²) in [5, 5.41) is 9.22. The third-order valence-corrected chi connectivity index (χ3v) is 2.68. The van der Waals surface area contributed by atoms with Crippen LogP contribution in [0.5, 0.6) is 6.01 Å². The number of hydrogen-bond acceptors (Lipinski definition) is 5. The van der Waals surface area contributed by atoms with Gasteiger partial charge in [0.1, 0.15) is 18.1 Å². The summed E-state index contributed by atoms with van der Waals surface area (Å²) in [5.41, 5.74) is 5.68. The number of amidine groups is 1. The number of ether oxygens (including phenoxy) is 1. The van der Waals surface area contributed by atoms with Gasteiger partial charge in [0.25, 0.3) is 0 Å². The average molecular weight is 234 g/mol. The Morgan fingerprint density at radius 2 is 2.38 bits per heavy atom. The van der Waals surface area contributed by atoms with E-state index < -0.39 is 0 Å². The molecule has 2 heterocycles. The normalized spacial score (nSPS) is 10.0. The van der Waals surface area contributed by atoms with Crippen LogP contribution in [0.15, 0.2) is 29.8 Å². The van der Waals surface area contributed by atoms with Gasteiger partial charge in [0.2, 0.25) is 0 Å². The first-order valence-electron chi connectivity index (χ1n) is 4.58. The van der Waals surface area contributed by atoms with Gasteiger partial charge in [0.15, 0.2) is 0 Å². The van der Waals surface area contributed by atoms with Crippen LogP contribution >= 0.6 is 11.3 Å². The SMILES string of the molecule is N=C(N)c1ccnc(OCc2cccs2)n1. The molecule has 0 unspecified atom stereocenters. The molecule has 0 atom stereocenters. The van der Waals surface area contributed by atoms with E-state index in [1.807, 2.05) is 17.5 Å². The Hall–Kier alpha value is -1.95. The van der Waals surface area contributed by atoms with Gasteiger partial charge < -0.3 is 10.5 Å². The van der Waals surface area contributed by atoms with Gasteiger partial charge in [-0.2, -0.15) is 4.98 Å². The van der Waals surface area contributed by atoms with Gasteiger partial charge in [-0.3, -0.25) is 5.41 Å². The lowest BCUT2D eigenvalue weighted by molar-refractivity contribution is 0.283. The van der Waals surface area contributed by atoms with Crippen LogP contribution in [0.2, 0.25) is 0 Å². The minimum absolute atomic E-state index is 0.0941. The van der Waals surface area contributed by atoms with E-state index in [2.05, 4.69) is 9.97 Å². The lowest BCUT2D eigenvalue weighted by Gasteiger charge is -2.03. The molecule has 16 heavy (non-hydrogen) atoms. The highest BCUT2D eigenvalue weighted by atomic mass is 32.1. The van der Waals surface area contributed by atoms with Crippen molar-refractivity contribution in [1.82, 2.24) is 9.97 Å². The molecular formula is C10H10N4OS. The highest BCUT2D eigenvalue weighted by molar-refractivity contribution is 7.09. The Labute approximate surface area is 96.4 Å². The second-order valence-corrected chi connectivity index (χ2v) is 4.04. The molecular weight excluding hydrogens is 224 g/mol. The largest absolute Gasteiger partial charge is 0.458 e. The monoisotopic (exact) mass is 234 g/mol. The minimum Gasteiger partial charge on any atom is -0.458 e. The summed E-state index contributed by atoms with van der Waals surface area (Å²) in [4.78, 5) is 9.03. The number of thiophene rings is 1. The number of rotatable bonds is 4. The Morgan fingerprint density at radius 3 is 3.06 bits per heavy atom. The van der Waals surface area contributed by atoms with Gasteiger partial charge in [-0.15, -0.1) is 11.3 Å². The molecule has 0 saturated heterocycles. The van der Waals surface area contributed by atoms with Crippen molar-refractivity contribution in [2.24, 2.45) is 5.73 Å². The Balaban J connectivity index is 2.04. The van der Waals surface area contributed by atoms with Gasteiger partial charge >= 0.3 is 6.01 Å². The fourth-order valence-corrected chi connectivity index (χ4v) is 1.71. The maximum Gasteiger partial charge on any atom is 0.317 e. The van der Waals surface area contributed by atoms with Crippen LogP contribution in [-0.2, 0) is 6.61 Å². The van der Waals surface area contributed by atoms with E-state index in [9.17, 15) is 0 Å². The van der Waals surface area contributed by atoms with Crippen LogP contribution in [-0.4, -0.2) is 15.8 Å². The number of nitrogen functional groups attached to an aromatic ring is 1. The molecule has 5 nitrogen and oxygen atoms in total.